The van der Waals surface area contributed by atoms with E-state index in [0.29, 0.717) is 29.7 Å². The van der Waals surface area contributed by atoms with E-state index in [1.165, 1.54) is 15.7 Å². The van der Waals surface area contributed by atoms with Crippen LogP contribution in [0.15, 0.2) is 76.6 Å². The van der Waals surface area contributed by atoms with Crippen LogP contribution in [0.5, 0.6) is 0 Å². The molecule has 1 fully saturated rings. The third-order valence-electron chi connectivity index (χ3n) is 7.07. The molecular weight excluding hydrogens is 440 g/mol. The molecule has 2 aromatic heterocycles. The summed E-state index contributed by atoms with van der Waals surface area (Å²) >= 11 is 0. The molecule has 1 atom stereocenters. The van der Waals surface area contributed by atoms with Gasteiger partial charge in [-0.05, 0) is 30.5 Å². The van der Waals surface area contributed by atoms with Crippen molar-refractivity contribution in [1.29, 1.82) is 0 Å². The fourth-order valence-corrected chi connectivity index (χ4v) is 5.28. The molecule has 8 heteroatoms. The van der Waals surface area contributed by atoms with Gasteiger partial charge in [0.2, 0.25) is 0 Å². The van der Waals surface area contributed by atoms with Crippen LogP contribution in [0, 0.1) is 0 Å². The number of H-pyrrole nitrogens is 1. The number of unbranched alkanes of at least 4 members (excludes halogenated alkanes) is 1. The van der Waals surface area contributed by atoms with Gasteiger partial charge in [0.15, 0.2) is 11.2 Å². The Kier molecular flexibility index (Phi) is 6.92. The molecule has 1 aliphatic rings. The summed E-state index contributed by atoms with van der Waals surface area (Å²) in [5, 5.41) is 3.61. The second kappa shape index (κ2) is 10.4. The molecule has 8 nitrogen and oxygen atoms in total. The molecule has 1 saturated heterocycles. The maximum Gasteiger partial charge on any atom is 0.329 e. The summed E-state index contributed by atoms with van der Waals surface area (Å²) in [6.45, 7) is 4.63. The summed E-state index contributed by atoms with van der Waals surface area (Å²) < 4.78 is 3.24. The zero-order valence-corrected chi connectivity index (χ0v) is 20.1. The Morgan fingerprint density at radius 2 is 1.63 bits per heavy atom. The number of imidazole rings is 1. The number of aromatic nitrogens is 4. The normalized spacial score (nSPS) is 16.8. The quantitative estimate of drug-likeness (QED) is 0.384. The molecule has 35 heavy (non-hydrogen) atoms. The van der Waals surface area contributed by atoms with Crippen molar-refractivity contribution >= 4 is 11.2 Å². The van der Waals surface area contributed by atoms with Crippen LogP contribution in [0.4, 0.5) is 0 Å². The van der Waals surface area contributed by atoms with E-state index in [0.717, 1.165) is 39.0 Å². The first-order chi connectivity index (χ1) is 17.1. The van der Waals surface area contributed by atoms with Crippen molar-refractivity contribution in [2.24, 2.45) is 7.05 Å². The van der Waals surface area contributed by atoms with Gasteiger partial charge in [0.1, 0.15) is 0 Å². The van der Waals surface area contributed by atoms with Crippen LogP contribution in [-0.4, -0.2) is 56.2 Å². The van der Waals surface area contributed by atoms with Crippen LogP contribution >= 0.6 is 0 Å². The Bertz CT molecular complexity index is 1340. The van der Waals surface area contributed by atoms with E-state index >= 15 is 0 Å². The molecule has 0 saturated carbocycles. The monoisotopic (exact) mass is 472 g/mol. The highest BCUT2D eigenvalue weighted by Gasteiger charge is 2.31. The van der Waals surface area contributed by atoms with Gasteiger partial charge in [0, 0.05) is 45.2 Å². The average Bonchev–Trinajstić information content (AvgIpc) is 3.32. The second-order valence-electron chi connectivity index (χ2n) is 9.24. The molecule has 2 N–H and O–H groups in total. The molecule has 2 aromatic carbocycles. The van der Waals surface area contributed by atoms with E-state index in [2.05, 4.69) is 80.8 Å². The van der Waals surface area contributed by atoms with Crippen molar-refractivity contribution in [3.05, 3.63) is 99.0 Å². The lowest BCUT2D eigenvalue weighted by Crippen LogP contribution is -2.54. The largest absolute Gasteiger partial charge is 0.329 e. The molecule has 0 amide bonds. The Morgan fingerprint density at radius 1 is 0.971 bits per heavy atom. The highest BCUT2D eigenvalue weighted by molar-refractivity contribution is 5.69. The van der Waals surface area contributed by atoms with Gasteiger partial charge >= 0.3 is 5.69 Å². The first-order valence-corrected chi connectivity index (χ1v) is 12.3. The number of nitrogens with one attached hydrogen (secondary N) is 2. The Morgan fingerprint density at radius 3 is 2.31 bits per heavy atom. The first kappa shape index (κ1) is 23.3. The number of aromatic amines is 1. The highest BCUT2D eigenvalue weighted by Crippen LogP contribution is 2.31. The van der Waals surface area contributed by atoms with Crippen molar-refractivity contribution in [2.75, 3.05) is 26.2 Å². The number of fused-ring (bicyclic) bond motifs is 1. The summed E-state index contributed by atoms with van der Waals surface area (Å²) in [5.41, 5.74) is 2.74. The number of aryl methyl sites for hydroxylation is 2. The number of benzene rings is 2. The van der Waals surface area contributed by atoms with Crippen LogP contribution in [-0.2, 0) is 13.6 Å². The van der Waals surface area contributed by atoms with Gasteiger partial charge in [-0.3, -0.25) is 19.2 Å². The van der Waals surface area contributed by atoms with Crippen LogP contribution in [0.3, 0.4) is 0 Å². The maximum atomic E-state index is 12.4. The number of piperazine rings is 1. The average molecular weight is 473 g/mol. The van der Waals surface area contributed by atoms with Crippen LogP contribution < -0.4 is 16.6 Å². The molecule has 4 aromatic rings. The lowest BCUT2D eigenvalue weighted by Gasteiger charge is -2.41. The van der Waals surface area contributed by atoms with Gasteiger partial charge in [-0.1, -0.05) is 60.7 Å². The molecule has 0 spiro atoms. The topological polar surface area (TPSA) is 88.0 Å². The van der Waals surface area contributed by atoms with Crippen molar-refractivity contribution in [3.63, 3.8) is 0 Å². The van der Waals surface area contributed by atoms with E-state index in [1.807, 2.05) is 4.57 Å². The predicted octanol–water partition coefficient (Wildman–Crippen LogP) is 2.31. The predicted molar refractivity (Wildman–Crippen MR) is 138 cm³/mol. The van der Waals surface area contributed by atoms with Crippen LogP contribution in [0.25, 0.3) is 11.2 Å². The standard InChI is InChI=1S/C27H32N6O2/c1-31-25-24(26(34)30-27(31)35)33(19-29-25)16-9-8-15-32-17-14-28-18-22(32)23(20-10-4-2-5-11-20)21-12-6-3-7-13-21/h2-7,10-13,19,22-23,28H,8-9,14-18H2,1H3,(H,30,34,35). The summed E-state index contributed by atoms with van der Waals surface area (Å²) in [7, 11) is 1.62. The minimum Gasteiger partial charge on any atom is -0.325 e. The number of hydrogen-bond acceptors (Lipinski definition) is 5. The summed E-state index contributed by atoms with van der Waals surface area (Å²) in [4.78, 5) is 33.5. The minimum absolute atomic E-state index is 0.294. The van der Waals surface area contributed by atoms with Gasteiger partial charge < -0.3 is 9.88 Å². The van der Waals surface area contributed by atoms with Gasteiger partial charge in [-0.25, -0.2) is 9.78 Å². The zero-order chi connectivity index (χ0) is 24.2. The molecule has 0 bridgehead atoms. The minimum atomic E-state index is -0.441. The van der Waals surface area contributed by atoms with Crippen molar-refractivity contribution < 1.29 is 0 Å². The Balaban J connectivity index is 1.30. The van der Waals surface area contributed by atoms with E-state index in [-0.39, 0.29) is 5.56 Å². The first-order valence-electron chi connectivity index (χ1n) is 12.3. The van der Waals surface area contributed by atoms with Gasteiger partial charge in [0.25, 0.3) is 5.56 Å². The Labute approximate surface area is 204 Å². The Hall–Kier alpha value is -3.49. The third kappa shape index (κ3) is 4.85. The zero-order valence-electron chi connectivity index (χ0n) is 20.1. The molecule has 5 rings (SSSR count). The van der Waals surface area contributed by atoms with Crippen molar-refractivity contribution in [1.82, 2.24) is 29.3 Å². The third-order valence-corrected chi connectivity index (χ3v) is 7.07. The summed E-state index contributed by atoms with van der Waals surface area (Å²) in [5.74, 6) is 0.294. The van der Waals surface area contributed by atoms with E-state index < -0.39 is 5.69 Å². The molecular formula is C27H32N6O2. The lowest BCUT2D eigenvalue weighted by atomic mass is 9.83. The van der Waals surface area contributed by atoms with E-state index in [4.69, 9.17) is 0 Å². The van der Waals surface area contributed by atoms with Gasteiger partial charge in [-0.2, -0.15) is 0 Å². The fourth-order valence-electron chi connectivity index (χ4n) is 5.28. The molecule has 182 valence electrons. The SMILES string of the molecule is Cn1c(=O)[nH]c(=O)c2c1ncn2CCCCN1CCNCC1C(c1ccccc1)c1ccccc1. The van der Waals surface area contributed by atoms with E-state index in [9.17, 15) is 9.59 Å². The highest BCUT2D eigenvalue weighted by atomic mass is 16.2. The molecule has 1 unspecified atom stereocenters. The van der Waals surface area contributed by atoms with Gasteiger partial charge in [0.05, 0.1) is 6.33 Å². The van der Waals surface area contributed by atoms with Crippen LogP contribution in [0.1, 0.15) is 29.9 Å². The smallest absolute Gasteiger partial charge is 0.325 e. The molecule has 0 aliphatic carbocycles. The summed E-state index contributed by atoms with van der Waals surface area (Å²) in [6, 6.07) is 21.9. The molecule has 3 heterocycles. The second-order valence-corrected chi connectivity index (χ2v) is 9.24. The van der Waals surface area contributed by atoms with Crippen molar-refractivity contribution in [2.45, 2.75) is 31.3 Å². The lowest BCUT2D eigenvalue weighted by molar-refractivity contribution is 0.144. The molecule has 0 radical (unpaired) electrons. The number of nitrogens with zero attached hydrogens (tertiary/aromatic N) is 4. The number of rotatable bonds is 8. The maximum absolute atomic E-state index is 12.4. The number of hydrogen-bond donors (Lipinski definition) is 2. The summed E-state index contributed by atoms with van der Waals surface area (Å²) in [6.07, 6.45) is 3.59. The fraction of sp³-hybridized carbons (Fsp3) is 0.370. The van der Waals surface area contributed by atoms with Crippen molar-refractivity contribution in [3.8, 4) is 0 Å². The van der Waals surface area contributed by atoms with Crippen LogP contribution in [0.2, 0.25) is 0 Å². The molecule has 1 aliphatic heterocycles. The van der Waals surface area contributed by atoms with E-state index in [1.54, 1.807) is 13.4 Å². The van der Waals surface area contributed by atoms with Gasteiger partial charge in [-0.15, -0.1) is 0 Å².